The van der Waals surface area contributed by atoms with Gasteiger partial charge >= 0.3 is 0 Å². The molecule has 5 rings (SSSR count). The molecule has 8 nitrogen and oxygen atoms in total. The normalized spacial score (nSPS) is 13.4. The number of ether oxygens (including phenoxy) is 1. The van der Waals surface area contributed by atoms with Crippen molar-refractivity contribution in [3.05, 3.63) is 65.6 Å². The number of fused-ring (bicyclic) bond motifs is 3. The molecule has 0 atom stereocenters. The van der Waals surface area contributed by atoms with Crippen LogP contribution in [0.3, 0.4) is 0 Å². The molecule has 0 unspecified atom stereocenters. The van der Waals surface area contributed by atoms with Crippen molar-refractivity contribution < 1.29 is 9.13 Å². The van der Waals surface area contributed by atoms with E-state index < -0.39 is 0 Å². The Kier molecular flexibility index (Phi) is 4.67. The first-order valence-corrected chi connectivity index (χ1v) is 9.79. The lowest BCUT2D eigenvalue weighted by Crippen LogP contribution is -2.17. The quantitative estimate of drug-likeness (QED) is 0.506. The topological polar surface area (TPSA) is 81.8 Å². The smallest absolute Gasteiger partial charge is 0.213 e. The number of pyridine rings is 1. The minimum atomic E-state index is -0.242. The molecule has 0 saturated carbocycles. The first-order chi connectivity index (χ1) is 15.0. The maximum Gasteiger partial charge on any atom is 0.213 e. The maximum absolute atomic E-state index is 13.6. The number of aromatic nitrogens is 6. The van der Waals surface area contributed by atoms with E-state index in [1.807, 2.05) is 23.7 Å². The van der Waals surface area contributed by atoms with Crippen LogP contribution >= 0.6 is 0 Å². The number of nitrogens with zero attached hydrogens (tertiary/aromatic N) is 7. The summed E-state index contributed by atoms with van der Waals surface area (Å²) in [5, 5.41) is 8.78. The minimum absolute atomic E-state index is 0.242. The highest BCUT2D eigenvalue weighted by Crippen LogP contribution is 2.29. The Morgan fingerprint density at radius 2 is 1.81 bits per heavy atom. The number of hydrogen-bond donors (Lipinski definition) is 0. The molecule has 0 radical (unpaired) electrons. The molecule has 3 aromatic heterocycles. The van der Waals surface area contributed by atoms with Crippen molar-refractivity contribution in [2.24, 2.45) is 0 Å². The standard InChI is InChI=1S/C22H20FN7O/c1-13-8-14(4-5-15(13)23)16-9-25-17(10-24-16)22-28-27-20-12-29(2)11-18-19(30(20)22)6-7-21(26-18)31-3/h4-10H,11-12H2,1-3H3. The third-order valence-electron chi connectivity index (χ3n) is 5.27. The zero-order valence-corrected chi connectivity index (χ0v) is 17.4. The van der Waals surface area contributed by atoms with Gasteiger partial charge in [0.25, 0.3) is 0 Å². The lowest BCUT2D eigenvalue weighted by Gasteiger charge is -2.13. The second-order valence-corrected chi connectivity index (χ2v) is 7.52. The third kappa shape index (κ3) is 3.42. The second kappa shape index (κ2) is 7.51. The maximum atomic E-state index is 13.6. The lowest BCUT2D eigenvalue weighted by molar-refractivity contribution is 0.309. The van der Waals surface area contributed by atoms with Gasteiger partial charge in [-0.05, 0) is 43.8 Å². The molecule has 156 valence electrons. The number of hydrogen-bond acceptors (Lipinski definition) is 7. The third-order valence-corrected chi connectivity index (χ3v) is 5.27. The van der Waals surface area contributed by atoms with Gasteiger partial charge in [0.2, 0.25) is 5.88 Å². The fraction of sp³-hybridized carbons (Fsp3) is 0.227. The van der Waals surface area contributed by atoms with E-state index >= 15 is 0 Å². The fourth-order valence-corrected chi connectivity index (χ4v) is 3.70. The van der Waals surface area contributed by atoms with Gasteiger partial charge < -0.3 is 4.74 Å². The highest BCUT2D eigenvalue weighted by Gasteiger charge is 2.25. The first kappa shape index (κ1) is 19.3. The largest absolute Gasteiger partial charge is 0.481 e. The van der Waals surface area contributed by atoms with Gasteiger partial charge in [-0.1, -0.05) is 0 Å². The molecule has 0 aliphatic carbocycles. The first-order valence-electron chi connectivity index (χ1n) is 9.79. The molecule has 0 spiro atoms. The van der Waals surface area contributed by atoms with Crippen LogP contribution < -0.4 is 4.74 Å². The Balaban J connectivity index is 1.58. The molecule has 4 aromatic rings. The van der Waals surface area contributed by atoms with Gasteiger partial charge in [-0.15, -0.1) is 10.2 Å². The van der Waals surface area contributed by atoms with Gasteiger partial charge in [0.05, 0.1) is 43.1 Å². The molecule has 31 heavy (non-hydrogen) atoms. The van der Waals surface area contributed by atoms with Crippen molar-refractivity contribution in [3.63, 3.8) is 0 Å². The van der Waals surface area contributed by atoms with Crippen LogP contribution in [-0.4, -0.2) is 48.8 Å². The summed E-state index contributed by atoms with van der Waals surface area (Å²) in [6.07, 6.45) is 3.33. The van der Waals surface area contributed by atoms with E-state index in [9.17, 15) is 4.39 Å². The summed E-state index contributed by atoms with van der Waals surface area (Å²) >= 11 is 0. The van der Waals surface area contributed by atoms with Gasteiger partial charge in [-0.2, -0.15) is 0 Å². The second-order valence-electron chi connectivity index (χ2n) is 7.52. The summed E-state index contributed by atoms with van der Waals surface area (Å²) in [6.45, 7) is 3.00. The molecule has 1 aliphatic heterocycles. The highest BCUT2D eigenvalue weighted by atomic mass is 19.1. The number of aryl methyl sites for hydroxylation is 1. The summed E-state index contributed by atoms with van der Waals surface area (Å²) in [7, 11) is 3.61. The van der Waals surface area contributed by atoms with Crippen LogP contribution in [0.4, 0.5) is 4.39 Å². The van der Waals surface area contributed by atoms with Crippen molar-refractivity contribution in [1.82, 2.24) is 34.6 Å². The molecule has 0 saturated heterocycles. The Bertz CT molecular complexity index is 1270. The molecule has 1 aliphatic rings. The molecule has 1 aromatic carbocycles. The summed E-state index contributed by atoms with van der Waals surface area (Å²) in [5.41, 5.74) is 4.38. The Morgan fingerprint density at radius 3 is 2.55 bits per heavy atom. The van der Waals surface area contributed by atoms with Crippen LogP contribution in [0.1, 0.15) is 17.1 Å². The van der Waals surface area contributed by atoms with E-state index in [2.05, 4.69) is 30.0 Å². The van der Waals surface area contributed by atoms with Crippen LogP contribution in [0, 0.1) is 12.7 Å². The van der Waals surface area contributed by atoms with E-state index in [0.717, 1.165) is 22.8 Å². The number of methoxy groups -OCH3 is 1. The molecule has 0 N–H and O–H groups in total. The summed E-state index contributed by atoms with van der Waals surface area (Å²) < 4.78 is 20.8. The van der Waals surface area contributed by atoms with Crippen LogP contribution in [0.2, 0.25) is 0 Å². The van der Waals surface area contributed by atoms with Crippen molar-refractivity contribution in [2.75, 3.05) is 14.2 Å². The molecule has 0 amide bonds. The Hall–Kier alpha value is -3.72. The number of rotatable bonds is 3. The zero-order valence-electron chi connectivity index (χ0n) is 17.4. The van der Waals surface area contributed by atoms with Crippen LogP contribution in [0.15, 0.2) is 42.7 Å². The van der Waals surface area contributed by atoms with Crippen molar-refractivity contribution >= 4 is 0 Å². The van der Waals surface area contributed by atoms with Crippen LogP contribution in [0.25, 0.3) is 28.5 Å². The predicted molar refractivity (Wildman–Crippen MR) is 112 cm³/mol. The Labute approximate surface area is 178 Å². The molecule has 0 fully saturated rings. The molecular formula is C22H20FN7O. The molecular weight excluding hydrogens is 397 g/mol. The average molecular weight is 417 g/mol. The average Bonchev–Trinajstić information content (AvgIpc) is 3.12. The predicted octanol–water partition coefficient (Wildman–Crippen LogP) is 3.19. The molecule has 4 heterocycles. The van der Waals surface area contributed by atoms with E-state index in [1.54, 1.807) is 38.6 Å². The van der Waals surface area contributed by atoms with E-state index in [0.29, 0.717) is 41.7 Å². The highest BCUT2D eigenvalue weighted by molar-refractivity contribution is 5.62. The summed E-state index contributed by atoms with van der Waals surface area (Å²) in [5.74, 6) is 1.70. The Morgan fingerprint density at radius 1 is 1.00 bits per heavy atom. The van der Waals surface area contributed by atoms with Crippen LogP contribution in [-0.2, 0) is 13.1 Å². The number of halogens is 1. The lowest BCUT2D eigenvalue weighted by atomic mass is 10.1. The monoisotopic (exact) mass is 417 g/mol. The molecule has 9 heteroatoms. The minimum Gasteiger partial charge on any atom is -0.481 e. The van der Waals surface area contributed by atoms with Crippen molar-refractivity contribution in [1.29, 1.82) is 0 Å². The van der Waals surface area contributed by atoms with Gasteiger partial charge in [0, 0.05) is 18.2 Å². The van der Waals surface area contributed by atoms with Gasteiger partial charge in [-0.25, -0.2) is 14.4 Å². The van der Waals surface area contributed by atoms with Crippen molar-refractivity contribution in [3.8, 4) is 34.3 Å². The van der Waals surface area contributed by atoms with Crippen molar-refractivity contribution in [2.45, 2.75) is 20.0 Å². The van der Waals surface area contributed by atoms with Gasteiger partial charge in [0.15, 0.2) is 11.6 Å². The van der Waals surface area contributed by atoms with E-state index in [4.69, 9.17) is 4.74 Å². The van der Waals surface area contributed by atoms with E-state index in [1.165, 1.54) is 6.07 Å². The summed E-state index contributed by atoms with van der Waals surface area (Å²) in [6, 6.07) is 8.67. The van der Waals surface area contributed by atoms with E-state index in [-0.39, 0.29) is 5.82 Å². The zero-order chi connectivity index (χ0) is 21.5. The van der Waals surface area contributed by atoms with Crippen LogP contribution in [0.5, 0.6) is 5.88 Å². The number of benzene rings is 1. The SMILES string of the molecule is COc1ccc2c(n1)CN(C)Cc1nnc(-c3cnc(-c4ccc(F)c(C)c4)cn3)n1-2. The fourth-order valence-electron chi connectivity index (χ4n) is 3.70. The summed E-state index contributed by atoms with van der Waals surface area (Å²) in [4.78, 5) is 15.8. The van der Waals surface area contributed by atoms with Gasteiger partial charge in [0.1, 0.15) is 11.5 Å². The molecule has 0 bridgehead atoms. The van der Waals surface area contributed by atoms with Gasteiger partial charge in [-0.3, -0.25) is 14.5 Å².